The summed E-state index contributed by atoms with van der Waals surface area (Å²) in [6.07, 6.45) is 1.75. The van der Waals surface area contributed by atoms with Crippen molar-refractivity contribution in [1.29, 1.82) is 0 Å². The maximum atomic E-state index is 12.7. The van der Waals surface area contributed by atoms with E-state index in [0.29, 0.717) is 6.54 Å². The number of fused-ring (bicyclic) bond motifs is 1. The quantitative estimate of drug-likeness (QED) is 0.785. The van der Waals surface area contributed by atoms with Gasteiger partial charge in [0.1, 0.15) is 18.1 Å². The standard InChI is InChI=1S/C17H18N4O3S/c1-19-9-14(22)21(17(19)24)10-15(23)20-8-4-6-12(20)16-18-11-5-2-3-7-13(11)25-16/h2-3,5,7,12H,4,6,8-10H2,1H3/t12-/m1/s1. The molecule has 2 fully saturated rings. The number of nitrogens with zero attached hydrogens (tertiary/aromatic N) is 4. The van der Waals surface area contributed by atoms with Crippen LogP contribution in [0.15, 0.2) is 24.3 Å². The predicted molar refractivity (Wildman–Crippen MR) is 93.0 cm³/mol. The van der Waals surface area contributed by atoms with Crippen molar-refractivity contribution in [3.63, 3.8) is 0 Å². The lowest BCUT2D eigenvalue weighted by molar-refractivity contribution is -0.137. The van der Waals surface area contributed by atoms with Crippen molar-refractivity contribution in [1.82, 2.24) is 19.7 Å². The van der Waals surface area contributed by atoms with Gasteiger partial charge in [-0.25, -0.2) is 9.78 Å². The lowest BCUT2D eigenvalue weighted by Crippen LogP contribution is -2.43. The van der Waals surface area contributed by atoms with E-state index < -0.39 is 6.03 Å². The molecule has 1 aromatic carbocycles. The van der Waals surface area contributed by atoms with Crippen molar-refractivity contribution in [2.45, 2.75) is 18.9 Å². The molecule has 0 spiro atoms. The number of benzene rings is 1. The maximum Gasteiger partial charge on any atom is 0.327 e. The summed E-state index contributed by atoms with van der Waals surface area (Å²) in [4.78, 5) is 45.4. The highest BCUT2D eigenvalue weighted by Gasteiger charge is 2.38. The second-order valence-corrected chi connectivity index (χ2v) is 7.45. The molecule has 2 aliphatic heterocycles. The molecule has 8 heteroatoms. The highest BCUT2D eigenvalue weighted by Crippen LogP contribution is 2.36. The van der Waals surface area contributed by atoms with Crippen LogP contribution in [0, 0.1) is 0 Å². The summed E-state index contributed by atoms with van der Waals surface area (Å²) in [6.45, 7) is 0.475. The lowest BCUT2D eigenvalue weighted by Gasteiger charge is -2.25. The van der Waals surface area contributed by atoms with E-state index in [2.05, 4.69) is 4.98 Å². The molecule has 2 aliphatic rings. The molecule has 2 aromatic rings. The van der Waals surface area contributed by atoms with Crippen LogP contribution in [0.25, 0.3) is 10.2 Å². The van der Waals surface area contributed by atoms with Crippen molar-refractivity contribution in [3.8, 4) is 0 Å². The van der Waals surface area contributed by atoms with Gasteiger partial charge in [-0.3, -0.25) is 14.5 Å². The van der Waals surface area contributed by atoms with Crippen LogP contribution in [-0.2, 0) is 9.59 Å². The molecule has 2 saturated heterocycles. The van der Waals surface area contributed by atoms with Crippen LogP contribution in [0.1, 0.15) is 23.9 Å². The molecule has 0 aliphatic carbocycles. The summed E-state index contributed by atoms with van der Waals surface area (Å²) in [6, 6.07) is 7.43. The number of likely N-dealkylation sites (N-methyl/N-ethyl adjacent to an activating group) is 1. The smallest absolute Gasteiger partial charge is 0.327 e. The van der Waals surface area contributed by atoms with Crippen LogP contribution in [0.2, 0.25) is 0 Å². The number of rotatable bonds is 3. The molecule has 130 valence electrons. The minimum absolute atomic E-state index is 0.0351. The molecule has 4 rings (SSSR count). The fourth-order valence-corrected chi connectivity index (χ4v) is 4.52. The first-order valence-corrected chi connectivity index (χ1v) is 9.06. The van der Waals surface area contributed by atoms with Gasteiger partial charge in [0.25, 0.3) is 5.91 Å². The van der Waals surface area contributed by atoms with Crippen LogP contribution in [0.3, 0.4) is 0 Å². The molecular weight excluding hydrogens is 340 g/mol. The van der Waals surface area contributed by atoms with Crippen molar-refractivity contribution in [3.05, 3.63) is 29.3 Å². The van der Waals surface area contributed by atoms with Gasteiger partial charge in [0.05, 0.1) is 16.3 Å². The fourth-order valence-electron chi connectivity index (χ4n) is 3.41. The number of hydrogen-bond donors (Lipinski definition) is 0. The summed E-state index contributed by atoms with van der Waals surface area (Å²) in [5.41, 5.74) is 0.938. The SMILES string of the molecule is CN1CC(=O)N(CC(=O)N2CCC[C@@H]2c2nc3ccccc3s2)C1=O. The molecule has 3 heterocycles. The third kappa shape index (κ3) is 2.76. The minimum atomic E-state index is -0.408. The topological polar surface area (TPSA) is 73.8 Å². The molecule has 4 amide bonds. The molecule has 7 nitrogen and oxygen atoms in total. The van der Waals surface area contributed by atoms with E-state index in [9.17, 15) is 14.4 Å². The number of urea groups is 1. The Balaban J connectivity index is 1.54. The highest BCUT2D eigenvalue weighted by molar-refractivity contribution is 7.18. The van der Waals surface area contributed by atoms with E-state index in [1.165, 1.54) is 4.90 Å². The number of carbonyl (C=O) groups is 3. The van der Waals surface area contributed by atoms with Crippen LogP contribution in [-0.4, -0.2) is 64.2 Å². The average Bonchev–Trinajstić information content (AvgIpc) is 3.28. The number of aromatic nitrogens is 1. The van der Waals surface area contributed by atoms with Crippen molar-refractivity contribution < 1.29 is 14.4 Å². The summed E-state index contributed by atoms with van der Waals surface area (Å²) in [7, 11) is 1.56. The largest absolute Gasteiger partial charge is 0.332 e. The second-order valence-electron chi connectivity index (χ2n) is 6.38. The van der Waals surface area contributed by atoms with Crippen LogP contribution >= 0.6 is 11.3 Å². The Labute approximate surface area is 148 Å². The third-order valence-corrected chi connectivity index (χ3v) is 5.83. The average molecular weight is 358 g/mol. The molecule has 0 saturated carbocycles. The zero-order valence-corrected chi connectivity index (χ0v) is 14.7. The monoisotopic (exact) mass is 358 g/mol. The number of likely N-dealkylation sites (tertiary alicyclic amines) is 1. The Morgan fingerprint density at radius 2 is 2.12 bits per heavy atom. The number of amides is 4. The Hall–Kier alpha value is -2.48. The van der Waals surface area contributed by atoms with Gasteiger partial charge in [0.15, 0.2) is 0 Å². The molecule has 0 N–H and O–H groups in total. The van der Waals surface area contributed by atoms with Gasteiger partial charge in [0.2, 0.25) is 5.91 Å². The molecular formula is C17H18N4O3S. The van der Waals surface area contributed by atoms with E-state index >= 15 is 0 Å². The Kier molecular flexibility index (Phi) is 3.91. The molecule has 1 aromatic heterocycles. The van der Waals surface area contributed by atoms with Gasteiger partial charge in [-0.2, -0.15) is 0 Å². The molecule has 0 unspecified atom stereocenters. The highest BCUT2D eigenvalue weighted by atomic mass is 32.1. The Bertz CT molecular complexity index is 831. The first-order chi connectivity index (χ1) is 12.0. The van der Waals surface area contributed by atoms with Gasteiger partial charge < -0.3 is 9.80 Å². The van der Waals surface area contributed by atoms with Gasteiger partial charge in [-0.05, 0) is 25.0 Å². The minimum Gasteiger partial charge on any atom is -0.332 e. The molecule has 25 heavy (non-hydrogen) atoms. The first-order valence-electron chi connectivity index (χ1n) is 8.25. The molecule has 0 bridgehead atoms. The zero-order chi connectivity index (χ0) is 17.6. The number of thiazole rings is 1. The molecule has 0 radical (unpaired) electrons. The maximum absolute atomic E-state index is 12.7. The number of carbonyl (C=O) groups excluding carboxylic acids is 3. The van der Waals surface area contributed by atoms with E-state index in [-0.39, 0.29) is 30.9 Å². The molecule has 1 atom stereocenters. The summed E-state index contributed by atoms with van der Waals surface area (Å²) >= 11 is 1.60. The summed E-state index contributed by atoms with van der Waals surface area (Å²) < 4.78 is 1.10. The number of para-hydroxylation sites is 1. The van der Waals surface area contributed by atoms with Crippen LogP contribution < -0.4 is 0 Å². The lowest BCUT2D eigenvalue weighted by atomic mass is 10.2. The van der Waals surface area contributed by atoms with E-state index in [1.54, 1.807) is 23.3 Å². The van der Waals surface area contributed by atoms with Crippen molar-refractivity contribution in [2.75, 3.05) is 26.7 Å². The van der Waals surface area contributed by atoms with E-state index in [1.807, 2.05) is 24.3 Å². The van der Waals surface area contributed by atoms with Gasteiger partial charge >= 0.3 is 6.03 Å². The summed E-state index contributed by atoms with van der Waals surface area (Å²) in [5.74, 6) is -0.518. The van der Waals surface area contributed by atoms with E-state index in [4.69, 9.17) is 0 Å². The first kappa shape index (κ1) is 16.0. The van der Waals surface area contributed by atoms with Crippen LogP contribution in [0.4, 0.5) is 4.79 Å². The predicted octanol–water partition coefficient (Wildman–Crippen LogP) is 1.85. The Morgan fingerprint density at radius 3 is 2.84 bits per heavy atom. The fraction of sp³-hybridized carbons (Fsp3) is 0.412. The van der Waals surface area contributed by atoms with Gasteiger partial charge in [-0.15, -0.1) is 11.3 Å². The normalized spacial score (nSPS) is 21.0. The zero-order valence-electron chi connectivity index (χ0n) is 13.8. The number of imide groups is 1. The summed E-state index contributed by atoms with van der Waals surface area (Å²) in [5, 5.41) is 0.920. The van der Waals surface area contributed by atoms with Crippen molar-refractivity contribution >= 4 is 39.4 Å². The second kappa shape index (κ2) is 6.11. The van der Waals surface area contributed by atoms with Crippen molar-refractivity contribution in [2.24, 2.45) is 0 Å². The van der Waals surface area contributed by atoms with Gasteiger partial charge in [0, 0.05) is 13.6 Å². The Morgan fingerprint density at radius 1 is 1.32 bits per heavy atom. The number of hydrogen-bond acceptors (Lipinski definition) is 5. The van der Waals surface area contributed by atoms with Gasteiger partial charge in [-0.1, -0.05) is 12.1 Å². The third-order valence-electron chi connectivity index (χ3n) is 4.69. The van der Waals surface area contributed by atoms with E-state index in [0.717, 1.165) is 33.0 Å². The van der Waals surface area contributed by atoms with Crippen LogP contribution in [0.5, 0.6) is 0 Å².